The van der Waals surface area contributed by atoms with Crippen molar-refractivity contribution in [3.63, 3.8) is 0 Å². The Morgan fingerprint density at radius 1 is 1.00 bits per heavy atom. The molecule has 0 saturated heterocycles. The van der Waals surface area contributed by atoms with Gasteiger partial charge in [0.05, 0.1) is 6.04 Å². The molecule has 0 aliphatic carbocycles. The Morgan fingerprint density at radius 2 is 1.80 bits per heavy atom. The van der Waals surface area contributed by atoms with E-state index in [9.17, 15) is 0 Å². The molecular weight excluding hydrogens is 248 g/mol. The fourth-order valence-corrected chi connectivity index (χ4v) is 2.22. The van der Waals surface area contributed by atoms with Gasteiger partial charge in [0, 0.05) is 12.4 Å². The van der Waals surface area contributed by atoms with Crippen molar-refractivity contribution in [2.24, 2.45) is 0 Å². The van der Waals surface area contributed by atoms with Gasteiger partial charge < -0.3 is 5.32 Å². The molecule has 100 valence electrons. The van der Waals surface area contributed by atoms with Crippen molar-refractivity contribution in [1.29, 1.82) is 0 Å². The van der Waals surface area contributed by atoms with Crippen LogP contribution >= 0.6 is 0 Å². The van der Waals surface area contributed by atoms with E-state index in [1.807, 2.05) is 18.2 Å². The predicted molar refractivity (Wildman–Crippen MR) is 80.4 cm³/mol. The molecule has 20 heavy (non-hydrogen) atoms. The first kappa shape index (κ1) is 12.5. The van der Waals surface area contributed by atoms with Crippen LogP contribution in [0, 0.1) is 0 Å². The van der Waals surface area contributed by atoms with Gasteiger partial charge in [0.15, 0.2) is 5.65 Å². The Morgan fingerprint density at radius 3 is 2.60 bits per heavy atom. The van der Waals surface area contributed by atoms with Crippen LogP contribution in [0.3, 0.4) is 0 Å². The number of hydrogen-bond donors (Lipinski definition) is 1. The lowest BCUT2D eigenvalue weighted by atomic mass is 10.0. The molecule has 0 fully saturated rings. The highest BCUT2D eigenvalue weighted by molar-refractivity contribution is 5.71. The smallest absolute Gasteiger partial charge is 0.180 e. The summed E-state index contributed by atoms with van der Waals surface area (Å²) in [7, 11) is 0. The first-order valence-electron chi connectivity index (χ1n) is 6.76. The standard InChI is InChI=1S/C16H16N4/c1-2-13(12-6-4-3-5-7-12)19-15-9-8-14-16(20-15)18-11-10-17-14/h3-11,13H,2H2,1H3,(H,18,19,20). The molecule has 2 heterocycles. The summed E-state index contributed by atoms with van der Waals surface area (Å²) in [4.78, 5) is 13.0. The Balaban J connectivity index is 1.87. The number of pyridine rings is 1. The van der Waals surface area contributed by atoms with Crippen molar-refractivity contribution in [3.8, 4) is 0 Å². The topological polar surface area (TPSA) is 50.7 Å². The van der Waals surface area contributed by atoms with Gasteiger partial charge in [-0.25, -0.2) is 9.97 Å². The maximum Gasteiger partial charge on any atom is 0.180 e. The van der Waals surface area contributed by atoms with Crippen LogP contribution in [0.25, 0.3) is 11.2 Å². The zero-order valence-electron chi connectivity index (χ0n) is 11.3. The van der Waals surface area contributed by atoms with E-state index in [1.165, 1.54) is 5.56 Å². The molecule has 0 saturated carbocycles. The fraction of sp³-hybridized carbons (Fsp3) is 0.188. The maximum absolute atomic E-state index is 4.50. The number of benzene rings is 1. The molecule has 3 rings (SSSR count). The van der Waals surface area contributed by atoms with E-state index in [0.717, 1.165) is 17.8 Å². The van der Waals surface area contributed by atoms with Gasteiger partial charge in [-0.2, -0.15) is 0 Å². The Labute approximate surface area is 117 Å². The molecule has 1 atom stereocenters. The summed E-state index contributed by atoms with van der Waals surface area (Å²) >= 11 is 0. The van der Waals surface area contributed by atoms with E-state index < -0.39 is 0 Å². The zero-order chi connectivity index (χ0) is 13.8. The second-order valence-electron chi connectivity index (χ2n) is 4.61. The fourth-order valence-electron chi connectivity index (χ4n) is 2.22. The molecule has 4 nitrogen and oxygen atoms in total. The third kappa shape index (κ3) is 2.59. The van der Waals surface area contributed by atoms with Crippen molar-refractivity contribution < 1.29 is 0 Å². The Hall–Kier alpha value is -2.49. The number of hydrogen-bond acceptors (Lipinski definition) is 4. The zero-order valence-corrected chi connectivity index (χ0v) is 11.3. The monoisotopic (exact) mass is 264 g/mol. The van der Waals surface area contributed by atoms with E-state index in [2.05, 4.69) is 51.5 Å². The number of nitrogens with zero attached hydrogens (tertiary/aromatic N) is 3. The molecule has 0 spiro atoms. The third-order valence-corrected chi connectivity index (χ3v) is 3.26. The first-order valence-corrected chi connectivity index (χ1v) is 6.76. The van der Waals surface area contributed by atoms with Crippen LogP contribution in [-0.4, -0.2) is 15.0 Å². The van der Waals surface area contributed by atoms with Gasteiger partial charge in [0.25, 0.3) is 0 Å². The summed E-state index contributed by atoms with van der Waals surface area (Å²) in [6.45, 7) is 2.16. The van der Waals surface area contributed by atoms with Crippen LogP contribution in [0.2, 0.25) is 0 Å². The number of fused-ring (bicyclic) bond motifs is 1. The minimum absolute atomic E-state index is 0.248. The number of anilines is 1. The van der Waals surface area contributed by atoms with E-state index in [-0.39, 0.29) is 6.04 Å². The molecule has 0 radical (unpaired) electrons. The van der Waals surface area contributed by atoms with Crippen molar-refractivity contribution >= 4 is 17.0 Å². The van der Waals surface area contributed by atoms with E-state index >= 15 is 0 Å². The van der Waals surface area contributed by atoms with Crippen molar-refractivity contribution in [1.82, 2.24) is 15.0 Å². The quantitative estimate of drug-likeness (QED) is 0.782. The lowest BCUT2D eigenvalue weighted by Crippen LogP contribution is -2.10. The molecule has 0 aliphatic rings. The Kier molecular flexibility index (Phi) is 3.54. The molecule has 4 heteroatoms. The molecule has 1 N–H and O–H groups in total. The SMILES string of the molecule is CCC(Nc1ccc2nccnc2n1)c1ccccc1. The predicted octanol–water partition coefficient (Wildman–Crippen LogP) is 3.59. The number of nitrogens with one attached hydrogen (secondary N) is 1. The summed E-state index contributed by atoms with van der Waals surface area (Å²) in [5, 5.41) is 3.46. The highest BCUT2D eigenvalue weighted by Crippen LogP contribution is 2.22. The van der Waals surface area contributed by atoms with Gasteiger partial charge in [-0.1, -0.05) is 37.3 Å². The highest BCUT2D eigenvalue weighted by atomic mass is 15.0. The summed E-state index contributed by atoms with van der Waals surface area (Å²) in [5.41, 5.74) is 2.74. The normalized spacial score (nSPS) is 12.2. The lowest BCUT2D eigenvalue weighted by Gasteiger charge is -2.18. The van der Waals surface area contributed by atoms with E-state index in [1.54, 1.807) is 12.4 Å². The summed E-state index contributed by atoms with van der Waals surface area (Å²) in [5.74, 6) is 0.828. The van der Waals surface area contributed by atoms with Gasteiger partial charge >= 0.3 is 0 Å². The van der Waals surface area contributed by atoms with Crippen LogP contribution in [0.5, 0.6) is 0 Å². The second kappa shape index (κ2) is 5.65. The molecular formula is C16H16N4. The van der Waals surface area contributed by atoms with Gasteiger partial charge in [0.2, 0.25) is 0 Å². The summed E-state index contributed by atoms with van der Waals surface area (Å²) < 4.78 is 0. The van der Waals surface area contributed by atoms with Gasteiger partial charge in [-0.15, -0.1) is 0 Å². The van der Waals surface area contributed by atoms with Gasteiger partial charge in [0.1, 0.15) is 11.3 Å². The summed E-state index contributed by atoms with van der Waals surface area (Å²) in [6, 6.07) is 14.5. The number of aromatic nitrogens is 3. The van der Waals surface area contributed by atoms with E-state index in [4.69, 9.17) is 0 Å². The van der Waals surface area contributed by atoms with Crippen molar-refractivity contribution in [3.05, 3.63) is 60.4 Å². The molecule has 1 unspecified atom stereocenters. The largest absolute Gasteiger partial charge is 0.363 e. The molecule has 3 aromatic rings. The lowest BCUT2D eigenvalue weighted by molar-refractivity contribution is 0.745. The van der Waals surface area contributed by atoms with Crippen molar-refractivity contribution in [2.45, 2.75) is 19.4 Å². The summed E-state index contributed by atoms with van der Waals surface area (Å²) in [6.07, 6.45) is 4.33. The maximum atomic E-state index is 4.50. The molecule has 0 amide bonds. The molecule has 1 aromatic carbocycles. The van der Waals surface area contributed by atoms with E-state index in [0.29, 0.717) is 5.65 Å². The first-order chi connectivity index (χ1) is 9.86. The van der Waals surface area contributed by atoms with Crippen LogP contribution in [0.1, 0.15) is 24.9 Å². The molecule has 0 bridgehead atoms. The minimum atomic E-state index is 0.248. The number of rotatable bonds is 4. The van der Waals surface area contributed by atoms with Crippen LogP contribution in [-0.2, 0) is 0 Å². The highest BCUT2D eigenvalue weighted by Gasteiger charge is 2.09. The van der Waals surface area contributed by atoms with Gasteiger partial charge in [-0.05, 0) is 24.1 Å². The second-order valence-corrected chi connectivity index (χ2v) is 4.61. The molecule has 2 aromatic heterocycles. The average molecular weight is 264 g/mol. The van der Waals surface area contributed by atoms with Gasteiger partial charge in [-0.3, -0.25) is 4.98 Å². The van der Waals surface area contributed by atoms with Crippen molar-refractivity contribution in [2.75, 3.05) is 5.32 Å². The Bertz CT molecular complexity index is 697. The molecule has 0 aliphatic heterocycles. The van der Waals surface area contributed by atoms with Crippen LogP contribution in [0.4, 0.5) is 5.82 Å². The average Bonchev–Trinajstić information content (AvgIpc) is 2.53. The third-order valence-electron chi connectivity index (χ3n) is 3.26. The van der Waals surface area contributed by atoms with Crippen LogP contribution < -0.4 is 5.32 Å². The minimum Gasteiger partial charge on any atom is -0.363 e. The van der Waals surface area contributed by atoms with Crippen LogP contribution in [0.15, 0.2) is 54.9 Å².